The number of hydrogen-bond acceptors (Lipinski definition) is 3. The summed E-state index contributed by atoms with van der Waals surface area (Å²) in [5, 5.41) is 9.27. The second-order valence-corrected chi connectivity index (χ2v) is 7.01. The predicted molar refractivity (Wildman–Crippen MR) is 80.8 cm³/mol. The summed E-state index contributed by atoms with van der Waals surface area (Å²) in [6, 6.07) is -1.41. The van der Waals surface area contributed by atoms with E-state index in [1.54, 1.807) is 0 Å². The molecular formula is C14H27ClN2O3. The fourth-order valence-corrected chi connectivity index (χ4v) is 2.45. The van der Waals surface area contributed by atoms with Crippen LogP contribution in [-0.2, 0) is 9.59 Å². The van der Waals surface area contributed by atoms with Gasteiger partial charge in [-0.15, -0.1) is 12.4 Å². The zero-order chi connectivity index (χ0) is 15.0. The Morgan fingerprint density at radius 1 is 1.45 bits per heavy atom. The third-order valence-electron chi connectivity index (χ3n) is 4.31. The van der Waals surface area contributed by atoms with Gasteiger partial charge in [0.2, 0.25) is 5.91 Å². The maximum absolute atomic E-state index is 12.5. The third-order valence-corrected chi connectivity index (χ3v) is 4.31. The zero-order valence-corrected chi connectivity index (χ0v) is 13.8. The van der Waals surface area contributed by atoms with E-state index >= 15 is 0 Å². The molecule has 1 aliphatic rings. The molecule has 1 amide bonds. The van der Waals surface area contributed by atoms with Gasteiger partial charge in [0.05, 0.1) is 6.04 Å². The fourth-order valence-electron chi connectivity index (χ4n) is 2.45. The van der Waals surface area contributed by atoms with Gasteiger partial charge in [0.25, 0.3) is 0 Å². The van der Waals surface area contributed by atoms with Crippen molar-refractivity contribution in [3.05, 3.63) is 0 Å². The molecule has 118 valence electrons. The number of aliphatic carboxylic acids is 1. The third kappa shape index (κ3) is 3.85. The van der Waals surface area contributed by atoms with Gasteiger partial charge < -0.3 is 15.7 Å². The summed E-state index contributed by atoms with van der Waals surface area (Å²) in [4.78, 5) is 25.3. The molecule has 1 aliphatic heterocycles. The van der Waals surface area contributed by atoms with E-state index in [1.807, 2.05) is 34.6 Å². The van der Waals surface area contributed by atoms with E-state index in [9.17, 15) is 14.7 Å². The van der Waals surface area contributed by atoms with Gasteiger partial charge in [-0.05, 0) is 23.7 Å². The number of likely N-dealkylation sites (tertiary alicyclic amines) is 1. The summed E-state index contributed by atoms with van der Waals surface area (Å²) >= 11 is 0. The number of rotatable bonds is 4. The first-order valence-corrected chi connectivity index (χ1v) is 6.81. The first kappa shape index (κ1) is 19.2. The van der Waals surface area contributed by atoms with E-state index in [2.05, 4.69) is 0 Å². The minimum absolute atomic E-state index is 0. The molecule has 1 fully saturated rings. The van der Waals surface area contributed by atoms with Crippen molar-refractivity contribution < 1.29 is 14.7 Å². The Morgan fingerprint density at radius 2 is 1.95 bits per heavy atom. The molecule has 0 aliphatic carbocycles. The van der Waals surface area contributed by atoms with Crippen LogP contribution < -0.4 is 5.73 Å². The summed E-state index contributed by atoms with van der Waals surface area (Å²) < 4.78 is 0. The molecule has 6 heteroatoms. The molecule has 0 unspecified atom stereocenters. The van der Waals surface area contributed by atoms with Gasteiger partial charge in [-0.1, -0.05) is 34.6 Å². The Balaban J connectivity index is 0.00000361. The van der Waals surface area contributed by atoms with E-state index in [0.717, 1.165) is 6.42 Å². The Morgan fingerprint density at radius 3 is 2.35 bits per heavy atom. The highest BCUT2D eigenvalue weighted by Gasteiger charge is 2.46. The van der Waals surface area contributed by atoms with Crippen molar-refractivity contribution in [1.29, 1.82) is 0 Å². The van der Waals surface area contributed by atoms with Gasteiger partial charge in [0.1, 0.15) is 6.04 Å². The molecule has 1 heterocycles. The SMILES string of the molecule is CCC(C)(C)[C@H](N)C(=O)N1CC(C)(C)C[C@H]1C(=O)O.Cl. The molecular weight excluding hydrogens is 280 g/mol. The Kier molecular flexibility index (Phi) is 6.05. The first-order valence-electron chi connectivity index (χ1n) is 6.81. The average Bonchev–Trinajstić information content (AvgIpc) is 2.63. The van der Waals surface area contributed by atoms with E-state index in [-0.39, 0.29) is 29.1 Å². The van der Waals surface area contributed by atoms with Crippen molar-refractivity contribution in [3.8, 4) is 0 Å². The molecule has 1 saturated heterocycles. The topological polar surface area (TPSA) is 83.6 Å². The molecule has 2 atom stereocenters. The quantitative estimate of drug-likeness (QED) is 0.830. The molecule has 20 heavy (non-hydrogen) atoms. The number of carboxylic acids is 1. The lowest BCUT2D eigenvalue weighted by atomic mass is 9.81. The number of halogens is 1. The van der Waals surface area contributed by atoms with Crippen LogP contribution in [0.25, 0.3) is 0 Å². The van der Waals surface area contributed by atoms with Gasteiger partial charge in [0, 0.05) is 6.54 Å². The van der Waals surface area contributed by atoms with Crippen molar-refractivity contribution in [2.45, 2.75) is 59.5 Å². The number of amides is 1. The number of carbonyl (C=O) groups is 2. The molecule has 0 saturated carbocycles. The Labute approximate surface area is 127 Å². The van der Waals surface area contributed by atoms with E-state index < -0.39 is 18.1 Å². The van der Waals surface area contributed by atoms with Crippen LogP contribution in [0.1, 0.15) is 47.5 Å². The van der Waals surface area contributed by atoms with Crippen LogP contribution >= 0.6 is 12.4 Å². The van der Waals surface area contributed by atoms with Gasteiger partial charge in [-0.25, -0.2) is 4.79 Å². The number of carbonyl (C=O) groups excluding carboxylic acids is 1. The number of nitrogens with zero attached hydrogens (tertiary/aromatic N) is 1. The van der Waals surface area contributed by atoms with Crippen molar-refractivity contribution >= 4 is 24.3 Å². The average molecular weight is 307 g/mol. The molecule has 0 radical (unpaired) electrons. The fraction of sp³-hybridized carbons (Fsp3) is 0.857. The highest BCUT2D eigenvalue weighted by atomic mass is 35.5. The lowest BCUT2D eigenvalue weighted by Gasteiger charge is -2.34. The monoisotopic (exact) mass is 306 g/mol. The summed E-state index contributed by atoms with van der Waals surface area (Å²) in [6.45, 7) is 10.3. The van der Waals surface area contributed by atoms with Gasteiger partial charge in [0.15, 0.2) is 0 Å². The van der Waals surface area contributed by atoms with Gasteiger partial charge in [-0.2, -0.15) is 0 Å². The zero-order valence-electron chi connectivity index (χ0n) is 13.0. The molecule has 0 aromatic carbocycles. The lowest BCUT2D eigenvalue weighted by molar-refractivity contribution is -0.149. The minimum atomic E-state index is -0.944. The molecule has 1 rings (SSSR count). The number of carboxylic acid groups (broad SMARTS) is 1. The lowest BCUT2D eigenvalue weighted by Crippen LogP contribution is -2.54. The number of hydrogen-bond donors (Lipinski definition) is 2. The van der Waals surface area contributed by atoms with Crippen molar-refractivity contribution in [2.75, 3.05) is 6.54 Å². The van der Waals surface area contributed by atoms with Crippen LogP contribution in [0.15, 0.2) is 0 Å². The second-order valence-electron chi connectivity index (χ2n) is 7.01. The van der Waals surface area contributed by atoms with Gasteiger partial charge >= 0.3 is 5.97 Å². The predicted octanol–water partition coefficient (Wildman–Crippen LogP) is 1.88. The van der Waals surface area contributed by atoms with Crippen LogP contribution in [-0.4, -0.2) is 40.5 Å². The van der Waals surface area contributed by atoms with E-state index in [0.29, 0.717) is 13.0 Å². The van der Waals surface area contributed by atoms with Crippen LogP contribution in [0.5, 0.6) is 0 Å². The maximum Gasteiger partial charge on any atom is 0.326 e. The molecule has 0 spiro atoms. The normalized spacial score (nSPS) is 23.1. The molecule has 5 nitrogen and oxygen atoms in total. The van der Waals surface area contributed by atoms with Crippen LogP contribution in [0, 0.1) is 10.8 Å². The van der Waals surface area contributed by atoms with Crippen LogP contribution in [0.3, 0.4) is 0 Å². The standard InChI is InChI=1S/C14H26N2O3.ClH/c1-6-14(4,5)10(15)11(17)16-8-13(2,3)7-9(16)12(18)19;/h9-10H,6-8,15H2,1-5H3,(H,18,19);1H/t9-,10+;/m0./s1. The molecule has 3 N–H and O–H groups in total. The second kappa shape index (κ2) is 6.31. The highest BCUT2D eigenvalue weighted by Crippen LogP contribution is 2.36. The van der Waals surface area contributed by atoms with E-state index in [4.69, 9.17) is 5.73 Å². The summed E-state index contributed by atoms with van der Waals surface area (Å²) in [7, 11) is 0. The van der Waals surface area contributed by atoms with Gasteiger partial charge in [-0.3, -0.25) is 4.79 Å². The van der Waals surface area contributed by atoms with Crippen LogP contribution in [0.2, 0.25) is 0 Å². The largest absolute Gasteiger partial charge is 0.480 e. The summed E-state index contributed by atoms with van der Waals surface area (Å²) in [5.41, 5.74) is 5.55. The highest BCUT2D eigenvalue weighted by molar-refractivity contribution is 5.88. The van der Waals surface area contributed by atoms with Crippen molar-refractivity contribution in [1.82, 2.24) is 4.90 Å². The maximum atomic E-state index is 12.5. The molecule has 0 aromatic heterocycles. The Bertz CT molecular complexity index is 383. The minimum Gasteiger partial charge on any atom is -0.480 e. The van der Waals surface area contributed by atoms with Crippen molar-refractivity contribution in [2.24, 2.45) is 16.6 Å². The van der Waals surface area contributed by atoms with E-state index in [1.165, 1.54) is 4.90 Å². The number of nitrogens with two attached hydrogens (primary N) is 1. The molecule has 0 aromatic rings. The Hall–Kier alpha value is -0.810. The molecule has 0 bridgehead atoms. The van der Waals surface area contributed by atoms with Crippen LogP contribution in [0.4, 0.5) is 0 Å². The smallest absolute Gasteiger partial charge is 0.326 e. The first-order chi connectivity index (χ1) is 8.52. The summed E-state index contributed by atoms with van der Waals surface area (Å²) in [5.74, 6) is -1.19. The van der Waals surface area contributed by atoms with Crippen molar-refractivity contribution in [3.63, 3.8) is 0 Å². The summed E-state index contributed by atoms with van der Waals surface area (Å²) in [6.07, 6.45) is 1.25.